The molecule has 0 unspecified atom stereocenters. The Morgan fingerprint density at radius 1 is 1.28 bits per heavy atom. The molecular formula is C8H11NO7S2. The molecule has 10 heteroatoms. The summed E-state index contributed by atoms with van der Waals surface area (Å²) < 4.78 is 60.8. The zero-order valence-electron chi connectivity index (χ0n) is 9.23. The van der Waals surface area contributed by atoms with E-state index in [0.29, 0.717) is 0 Å². The van der Waals surface area contributed by atoms with Gasteiger partial charge in [-0.05, 0) is 18.2 Å². The van der Waals surface area contributed by atoms with Crippen molar-refractivity contribution in [1.82, 2.24) is 0 Å². The number of ether oxygens (including phenoxy) is 1. The number of sulfone groups is 1. The summed E-state index contributed by atoms with van der Waals surface area (Å²) in [6, 6.07) is 3.59. The fourth-order valence-corrected chi connectivity index (χ4v) is 2.81. The molecule has 0 saturated carbocycles. The van der Waals surface area contributed by atoms with Gasteiger partial charge < -0.3 is 10.5 Å². The van der Waals surface area contributed by atoms with Crippen LogP contribution in [0.15, 0.2) is 23.1 Å². The van der Waals surface area contributed by atoms with Gasteiger partial charge in [0.1, 0.15) is 5.75 Å². The van der Waals surface area contributed by atoms with Gasteiger partial charge in [-0.1, -0.05) is 0 Å². The number of nitrogen functional groups attached to an aromatic ring is 1. The van der Waals surface area contributed by atoms with Gasteiger partial charge in [0.2, 0.25) is 9.84 Å². The first-order chi connectivity index (χ1) is 8.15. The Bertz CT molecular complexity index is 635. The van der Waals surface area contributed by atoms with Crippen molar-refractivity contribution in [2.24, 2.45) is 0 Å². The van der Waals surface area contributed by atoms with Gasteiger partial charge >= 0.3 is 10.4 Å². The molecule has 0 spiro atoms. The number of methoxy groups -OCH3 is 1. The van der Waals surface area contributed by atoms with Crippen molar-refractivity contribution in [2.45, 2.75) is 4.90 Å². The number of hydrogen-bond donors (Lipinski definition) is 2. The molecule has 0 aliphatic carbocycles. The maximum Gasteiger partial charge on any atom is 0.398 e. The topological polar surface area (TPSA) is 133 Å². The summed E-state index contributed by atoms with van der Waals surface area (Å²) in [5.74, 6) is -0.929. The third-order valence-electron chi connectivity index (χ3n) is 1.91. The Labute approximate surface area is 104 Å². The van der Waals surface area contributed by atoms with Crippen molar-refractivity contribution < 1.29 is 30.3 Å². The molecule has 0 fully saturated rings. The van der Waals surface area contributed by atoms with Crippen molar-refractivity contribution in [1.29, 1.82) is 0 Å². The van der Waals surface area contributed by atoms with Gasteiger partial charge in [-0.15, -0.1) is 0 Å². The number of benzene rings is 1. The van der Waals surface area contributed by atoms with Crippen molar-refractivity contribution in [3.05, 3.63) is 18.2 Å². The molecule has 18 heavy (non-hydrogen) atoms. The molecule has 0 saturated heterocycles. The summed E-state index contributed by atoms with van der Waals surface area (Å²) in [5.41, 5.74) is 5.59. The molecule has 0 aliphatic heterocycles. The van der Waals surface area contributed by atoms with Gasteiger partial charge in [-0.2, -0.15) is 8.42 Å². The second-order valence-corrected chi connectivity index (χ2v) is 6.21. The SMILES string of the molecule is COc1ccc(S(=O)(=O)COS(=O)(=O)O)cc1N. The highest BCUT2D eigenvalue weighted by Gasteiger charge is 2.19. The van der Waals surface area contributed by atoms with E-state index in [0.717, 1.165) is 6.07 Å². The van der Waals surface area contributed by atoms with Crippen molar-refractivity contribution in [3.8, 4) is 5.75 Å². The molecule has 0 radical (unpaired) electrons. The molecule has 1 rings (SSSR count). The quantitative estimate of drug-likeness (QED) is 0.565. The zero-order valence-corrected chi connectivity index (χ0v) is 10.9. The fraction of sp³-hybridized carbons (Fsp3) is 0.250. The molecule has 0 heterocycles. The minimum atomic E-state index is -4.82. The van der Waals surface area contributed by atoms with E-state index >= 15 is 0 Å². The lowest BCUT2D eigenvalue weighted by molar-refractivity contribution is 0.306. The largest absolute Gasteiger partial charge is 0.495 e. The second kappa shape index (κ2) is 5.10. The van der Waals surface area contributed by atoms with Crippen LogP contribution in [0.3, 0.4) is 0 Å². The van der Waals surface area contributed by atoms with Crippen LogP contribution < -0.4 is 10.5 Å². The smallest absolute Gasteiger partial charge is 0.398 e. The van der Waals surface area contributed by atoms with Gasteiger partial charge in [0.25, 0.3) is 0 Å². The first-order valence-corrected chi connectivity index (χ1v) is 7.45. The third-order valence-corrected chi connectivity index (χ3v) is 3.88. The lowest BCUT2D eigenvalue weighted by Gasteiger charge is -2.07. The van der Waals surface area contributed by atoms with E-state index in [2.05, 4.69) is 4.18 Å². The summed E-state index contributed by atoms with van der Waals surface area (Å²) in [6.45, 7) is 0. The van der Waals surface area contributed by atoms with Gasteiger partial charge in [-0.25, -0.2) is 12.6 Å². The monoisotopic (exact) mass is 297 g/mol. The lowest BCUT2D eigenvalue weighted by Crippen LogP contribution is -2.14. The molecule has 0 atom stereocenters. The summed E-state index contributed by atoms with van der Waals surface area (Å²) in [5, 5.41) is 0. The summed E-state index contributed by atoms with van der Waals surface area (Å²) in [7, 11) is -7.50. The molecule has 0 bridgehead atoms. The van der Waals surface area contributed by atoms with Gasteiger partial charge in [0, 0.05) is 0 Å². The molecule has 3 N–H and O–H groups in total. The van der Waals surface area contributed by atoms with Crippen molar-refractivity contribution in [3.63, 3.8) is 0 Å². The van der Waals surface area contributed by atoms with Crippen LogP contribution in [0.4, 0.5) is 5.69 Å². The Balaban J connectivity index is 3.03. The van der Waals surface area contributed by atoms with E-state index in [4.69, 9.17) is 15.0 Å². The Morgan fingerprint density at radius 3 is 2.33 bits per heavy atom. The number of rotatable bonds is 5. The van der Waals surface area contributed by atoms with Crippen LogP contribution in [-0.4, -0.2) is 34.4 Å². The first kappa shape index (κ1) is 14.7. The summed E-state index contributed by atoms with van der Waals surface area (Å²) in [6.07, 6.45) is 0. The van der Waals surface area contributed by atoms with E-state index in [-0.39, 0.29) is 16.3 Å². The molecule has 1 aromatic carbocycles. The van der Waals surface area contributed by atoms with Gasteiger partial charge in [-0.3, -0.25) is 4.55 Å². The third kappa shape index (κ3) is 3.84. The average molecular weight is 297 g/mol. The Morgan fingerprint density at radius 2 is 1.89 bits per heavy atom. The summed E-state index contributed by atoms with van der Waals surface area (Å²) >= 11 is 0. The first-order valence-electron chi connectivity index (χ1n) is 4.44. The second-order valence-electron chi connectivity index (χ2n) is 3.18. The standard InChI is InChI=1S/C8H11NO7S2/c1-15-8-3-2-6(4-7(8)9)17(10,11)5-16-18(12,13)14/h2-4H,5,9H2,1H3,(H,12,13,14). The van der Waals surface area contributed by atoms with Crippen LogP contribution in [0.1, 0.15) is 0 Å². The molecule has 1 aromatic rings. The van der Waals surface area contributed by atoms with Crippen LogP contribution in [0.25, 0.3) is 0 Å². The maximum atomic E-state index is 11.6. The highest BCUT2D eigenvalue weighted by atomic mass is 32.3. The van der Waals surface area contributed by atoms with E-state index in [9.17, 15) is 16.8 Å². The van der Waals surface area contributed by atoms with E-state index < -0.39 is 26.2 Å². The lowest BCUT2D eigenvalue weighted by atomic mass is 10.3. The van der Waals surface area contributed by atoms with Crippen LogP contribution >= 0.6 is 0 Å². The minimum absolute atomic E-state index is 0.0745. The maximum absolute atomic E-state index is 11.6. The van der Waals surface area contributed by atoms with E-state index in [1.54, 1.807) is 0 Å². The van der Waals surface area contributed by atoms with E-state index in [1.807, 2.05) is 0 Å². The van der Waals surface area contributed by atoms with Crippen molar-refractivity contribution >= 4 is 25.9 Å². The Hall–Kier alpha value is -1.36. The minimum Gasteiger partial charge on any atom is -0.495 e. The average Bonchev–Trinajstić information content (AvgIpc) is 2.25. The fourth-order valence-electron chi connectivity index (χ4n) is 1.10. The number of hydrogen-bond acceptors (Lipinski definition) is 7. The van der Waals surface area contributed by atoms with Crippen molar-refractivity contribution in [2.75, 3.05) is 18.8 Å². The molecule has 0 amide bonds. The highest BCUT2D eigenvalue weighted by Crippen LogP contribution is 2.25. The van der Waals surface area contributed by atoms with Crippen LogP contribution in [0.2, 0.25) is 0 Å². The van der Waals surface area contributed by atoms with E-state index in [1.165, 1.54) is 19.2 Å². The molecule has 0 aromatic heterocycles. The van der Waals surface area contributed by atoms with Gasteiger partial charge in [0.05, 0.1) is 17.7 Å². The zero-order chi connectivity index (χ0) is 14.0. The molecular weight excluding hydrogens is 286 g/mol. The molecule has 0 aliphatic rings. The number of nitrogens with two attached hydrogens (primary N) is 1. The molecule has 102 valence electrons. The van der Waals surface area contributed by atoms with Gasteiger partial charge in [0.15, 0.2) is 5.94 Å². The Kier molecular flexibility index (Phi) is 4.16. The predicted molar refractivity (Wildman–Crippen MR) is 62.1 cm³/mol. The van der Waals surface area contributed by atoms with Crippen LogP contribution in [0, 0.1) is 0 Å². The normalized spacial score (nSPS) is 12.3. The predicted octanol–water partition coefficient (Wildman–Crippen LogP) is -0.172. The number of anilines is 1. The summed E-state index contributed by atoms with van der Waals surface area (Å²) in [4.78, 5) is -0.246. The molecule has 8 nitrogen and oxygen atoms in total. The highest BCUT2D eigenvalue weighted by molar-refractivity contribution is 7.92. The van der Waals surface area contributed by atoms with Crippen LogP contribution in [0.5, 0.6) is 5.75 Å². The van der Waals surface area contributed by atoms with Crippen LogP contribution in [-0.2, 0) is 24.4 Å².